The average molecular weight is 435 g/mol. The van der Waals surface area contributed by atoms with Gasteiger partial charge in [-0.1, -0.05) is 36.4 Å². The van der Waals surface area contributed by atoms with E-state index in [0.29, 0.717) is 31.1 Å². The molecule has 29 heavy (non-hydrogen) atoms. The van der Waals surface area contributed by atoms with Gasteiger partial charge in [0.2, 0.25) is 0 Å². The Morgan fingerprint density at radius 1 is 1.14 bits per heavy atom. The summed E-state index contributed by atoms with van der Waals surface area (Å²) in [5.74, 6) is -0.400. The maximum absolute atomic E-state index is 12.2. The molecule has 0 spiro atoms. The Balaban J connectivity index is 0.00000210. The quantitative estimate of drug-likeness (QED) is 0.565. The molecule has 2 heterocycles. The molecule has 154 valence electrons. The molecule has 0 saturated heterocycles. The lowest BCUT2D eigenvalue weighted by molar-refractivity contribution is 0.0512. The highest BCUT2D eigenvalue weighted by Crippen LogP contribution is 2.21. The van der Waals surface area contributed by atoms with Crippen molar-refractivity contribution >= 4 is 42.9 Å². The Kier molecular flexibility index (Phi) is 10.1. The van der Waals surface area contributed by atoms with Crippen molar-refractivity contribution in [1.82, 2.24) is 14.8 Å². The van der Waals surface area contributed by atoms with Crippen molar-refractivity contribution in [3.63, 3.8) is 0 Å². The van der Waals surface area contributed by atoms with Gasteiger partial charge in [0.25, 0.3) is 0 Å². The second kappa shape index (κ2) is 12.0. The highest BCUT2D eigenvalue weighted by molar-refractivity contribution is 5.89. The van der Waals surface area contributed by atoms with Gasteiger partial charge in [-0.15, -0.1) is 24.8 Å². The molecule has 2 N–H and O–H groups in total. The van der Waals surface area contributed by atoms with E-state index in [-0.39, 0.29) is 24.8 Å². The molecule has 6 nitrogen and oxygen atoms in total. The number of carbonyl (C=O) groups excluding carboxylic acids is 1. The van der Waals surface area contributed by atoms with Crippen molar-refractivity contribution in [2.75, 3.05) is 13.2 Å². The first-order chi connectivity index (χ1) is 13.2. The van der Waals surface area contributed by atoms with E-state index in [9.17, 15) is 4.79 Å². The van der Waals surface area contributed by atoms with E-state index < -0.39 is 5.97 Å². The van der Waals surface area contributed by atoms with Crippen LogP contribution >= 0.6 is 24.8 Å². The van der Waals surface area contributed by atoms with Crippen LogP contribution in [0.15, 0.2) is 54.7 Å². The van der Waals surface area contributed by atoms with Gasteiger partial charge in [-0.2, -0.15) is 5.10 Å². The van der Waals surface area contributed by atoms with Crippen LogP contribution in [0, 0.1) is 0 Å². The Bertz CT molecular complexity index is 943. The number of carbonyl (C=O) groups is 1. The van der Waals surface area contributed by atoms with Gasteiger partial charge in [-0.25, -0.2) is 4.79 Å². The SMILES string of the molecule is CCOC(=O)c1cc(-c2ccnc(C=Cc3ccccc3)c2)nn1CCN.Cl.Cl. The molecule has 0 aliphatic rings. The minimum Gasteiger partial charge on any atom is -0.461 e. The fourth-order valence-electron chi connectivity index (χ4n) is 2.66. The summed E-state index contributed by atoms with van der Waals surface area (Å²) in [5, 5.41) is 4.52. The van der Waals surface area contributed by atoms with E-state index in [1.807, 2.05) is 54.6 Å². The number of halogens is 2. The van der Waals surface area contributed by atoms with Crippen LogP contribution in [0.25, 0.3) is 23.4 Å². The van der Waals surface area contributed by atoms with Crippen molar-refractivity contribution < 1.29 is 9.53 Å². The number of rotatable bonds is 7. The third-order valence-corrected chi connectivity index (χ3v) is 3.93. The molecule has 1 aromatic carbocycles. The number of hydrogen-bond donors (Lipinski definition) is 1. The monoisotopic (exact) mass is 434 g/mol. The number of nitrogens with zero attached hydrogens (tertiary/aromatic N) is 3. The molecule has 0 radical (unpaired) electrons. The first-order valence-corrected chi connectivity index (χ1v) is 8.86. The second-order valence-corrected chi connectivity index (χ2v) is 5.86. The first kappa shape index (κ1) is 24.4. The summed E-state index contributed by atoms with van der Waals surface area (Å²) in [6.45, 7) is 2.91. The molecule has 3 rings (SSSR count). The van der Waals surface area contributed by atoms with Gasteiger partial charge < -0.3 is 10.5 Å². The van der Waals surface area contributed by atoms with Crippen LogP contribution in [0.5, 0.6) is 0 Å². The summed E-state index contributed by atoms with van der Waals surface area (Å²) >= 11 is 0. The van der Waals surface area contributed by atoms with Crippen molar-refractivity contribution in [1.29, 1.82) is 0 Å². The summed E-state index contributed by atoms with van der Waals surface area (Å²) in [4.78, 5) is 16.5. The molecule has 0 bridgehead atoms. The zero-order chi connectivity index (χ0) is 19.1. The maximum Gasteiger partial charge on any atom is 0.356 e. The molecule has 2 aromatic heterocycles. The largest absolute Gasteiger partial charge is 0.461 e. The smallest absolute Gasteiger partial charge is 0.356 e. The van der Waals surface area contributed by atoms with E-state index >= 15 is 0 Å². The number of nitrogens with two attached hydrogens (primary N) is 1. The highest BCUT2D eigenvalue weighted by Gasteiger charge is 2.17. The summed E-state index contributed by atoms with van der Waals surface area (Å²) in [7, 11) is 0. The van der Waals surface area contributed by atoms with Crippen LogP contribution in [0.3, 0.4) is 0 Å². The van der Waals surface area contributed by atoms with Crippen LogP contribution in [0.2, 0.25) is 0 Å². The lowest BCUT2D eigenvalue weighted by Crippen LogP contribution is -2.17. The number of esters is 1. The molecule has 0 atom stereocenters. The van der Waals surface area contributed by atoms with Gasteiger partial charge in [-0.05, 0) is 36.8 Å². The topological polar surface area (TPSA) is 83.0 Å². The Morgan fingerprint density at radius 3 is 2.59 bits per heavy atom. The fourth-order valence-corrected chi connectivity index (χ4v) is 2.66. The van der Waals surface area contributed by atoms with Crippen LogP contribution in [0.1, 0.15) is 28.7 Å². The number of benzene rings is 1. The number of ether oxygens (including phenoxy) is 1. The third-order valence-electron chi connectivity index (χ3n) is 3.93. The maximum atomic E-state index is 12.2. The number of hydrogen-bond acceptors (Lipinski definition) is 5. The molecule has 0 unspecified atom stereocenters. The summed E-state index contributed by atoms with van der Waals surface area (Å²) < 4.78 is 6.70. The van der Waals surface area contributed by atoms with Gasteiger partial charge in [0.1, 0.15) is 5.69 Å². The summed E-state index contributed by atoms with van der Waals surface area (Å²) in [6.07, 6.45) is 5.68. The third kappa shape index (κ3) is 6.42. The fraction of sp³-hybridized carbons (Fsp3) is 0.190. The van der Waals surface area contributed by atoms with E-state index in [1.54, 1.807) is 23.9 Å². The van der Waals surface area contributed by atoms with Crippen LogP contribution < -0.4 is 5.73 Å². The standard InChI is InChI=1S/C21H22N4O2.2ClH/c1-2-27-21(26)20-15-19(24-25(20)13-11-22)17-10-12-23-18(14-17)9-8-16-6-4-3-5-7-16;;/h3-10,12,14-15H,2,11,13,22H2,1H3;2*1H. The molecular formula is C21H24Cl2N4O2. The molecule has 0 saturated carbocycles. The van der Waals surface area contributed by atoms with Gasteiger partial charge >= 0.3 is 5.97 Å². The molecular weight excluding hydrogens is 411 g/mol. The lowest BCUT2D eigenvalue weighted by Gasteiger charge is -2.04. The molecule has 3 aromatic rings. The van der Waals surface area contributed by atoms with E-state index in [0.717, 1.165) is 16.8 Å². The Labute approximate surface area is 182 Å². The van der Waals surface area contributed by atoms with E-state index in [1.165, 1.54) is 0 Å². The molecule has 8 heteroatoms. The first-order valence-electron chi connectivity index (χ1n) is 8.86. The molecule has 0 aliphatic carbocycles. The zero-order valence-electron chi connectivity index (χ0n) is 16.0. The Hall–Kier alpha value is -2.67. The summed E-state index contributed by atoms with van der Waals surface area (Å²) in [5.41, 5.74) is 9.50. The minimum atomic E-state index is -0.400. The normalized spacial score (nSPS) is 10.3. The van der Waals surface area contributed by atoms with Crippen LogP contribution in [-0.4, -0.2) is 33.9 Å². The molecule has 0 aliphatic heterocycles. The van der Waals surface area contributed by atoms with Crippen molar-refractivity contribution in [2.24, 2.45) is 5.73 Å². The van der Waals surface area contributed by atoms with E-state index in [4.69, 9.17) is 10.5 Å². The van der Waals surface area contributed by atoms with Gasteiger partial charge in [0.15, 0.2) is 0 Å². The summed E-state index contributed by atoms with van der Waals surface area (Å²) in [6, 6.07) is 15.5. The van der Waals surface area contributed by atoms with Gasteiger partial charge in [0.05, 0.1) is 24.5 Å². The zero-order valence-corrected chi connectivity index (χ0v) is 17.7. The van der Waals surface area contributed by atoms with Crippen molar-refractivity contribution in [3.8, 4) is 11.3 Å². The number of aromatic nitrogens is 3. The minimum absolute atomic E-state index is 0. The van der Waals surface area contributed by atoms with E-state index in [2.05, 4.69) is 10.1 Å². The Morgan fingerprint density at radius 2 is 1.90 bits per heavy atom. The average Bonchev–Trinajstić information content (AvgIpc) is 3.12. The predicted octanol–water partition coefficient (Wildman–Crippen LogP) is 4.09. The van der Waals surface area contributed by atoms with Crippen molar-refractivity contribution in [2.45, 2.75) is 13.5 Å². The highest BCUT2D eigenvalue weighted by atomic mass is 35.5. The molecule has 0 amide bonds. The second-order valence-electron chi connectivity index (χ2n) is 5.86. The van der Waals surface area contributed by atoms with Crippen LogP contribution in [-0.2, 0) is 11.3 Å². The van der Waals surface area contributed by atoms with Crippen LogP contribution in [0.4, 0.5) is 0 Å². The lowest BCUT2D eigenvalue weighted by atomic mass is 10.1. The number of pyridine rings is 1. The predicted molar refractivity (Wildman–Crippen MR) is 120 cm³/mol. The van der Waals surface area contributed by atoms with Gasteiger partial charge in [0, 0.05) is 18.3 Å². The van der Waals surface area contributed by atoms with Crippen molar-refractivity contribution in [3.05, 3.63) is 71.7 Å². The molecule has 0 fully saturated rings. The van der Waals surface area contributed by atoms with Gasteiger partial charge in [-0.3, -0.25) is 9.67 Å².